The maximum Gasteiger partial charge on any atom is 0.573 e. The number of benzene rings is 3. The zero-order valence-electron chi connectivity index (χ0n) is 25.7. The number of aromatic hydroxyl groups is 2. The lowest BCUT2D eigenvalue weighted by atomic mass is 9.51. The molecule has 3 aromatic rings. The summed E-state index contributed by atoms with van der Waals surface area (Å²) in [7, 11) is 0. The van der Waals surface area contributed by atoms with Gasteiger partial charge in [-0.3, -0.25) is 24.1 Å². The summed E-state index contributed by atoms with van der Waals surface area (Å²) < 4.78 is 44.1. The van der Waals surface area contributed by atoms with Crippen LogP contribution in [0.4, 0.5) is 18.9 Å². The maximum absolute atomic E-state index is 14.4. The number of fused-ring (bicyclic) bond motifs is 4. The predicted octanol–water partition coefficient (Wildman–Crippen LogP) is 5.47. The molecule has 0 bridgehead atoms. The number of amides is 4. The first-order valence-corrected chi connectivity index (χ1v) is 15.6. The number of nitrogens with zero attached hydrogens (tertiary/aromatic N) is 2. The van der Waals surface area contributed by atoms with E-state index in [9.17, 15) is 42.6 Å². The van der Waals surface area contributed by atoms with E-state index in [0.717, 1.165) is 28.7 Å². The monoisotopic (exact) mass is 660 g/mol. The van der Waals surface area contributed by atoms with Gasteiger partial charge in [-0.15, -0.1) is 13.2 Å². The summed E-state index contributed by atoms with van der Waals surface area (Å²) in [6.07, 6.45) is -2.73. The second-order valence-electron chi connectivity index (χ2n) is 13.0. The Morgan fingerprint density at radius 3 is 2.29 bits per heavy atom. The number of ether oxygens (including phenoxy) is 1. The standard InChI is InChI=1S/C36H31F3N2O7/c1-35-27(32(45)41(34(35)47)20-5-3-2-4-6-20)18-25-23(30(35)26-17-22(11-14-28(26)43)48-36(37,38)39)12-13-24-29(25)33(46)40(31(24)44)16-15-19-7-9-21(42)10-8-19/h2-12,14,17,24-25,27,29-30,42-43H,13,15-16,18H2,1H3/t24-,25+,27-,29-,30+,35+/m0/s1. The molecule has 2 aliphatic carbocycles. The van der Waals surface area contributed by atoms with E-state index in [1.54, 1.807) is 55.5 Å². The first-order valence-electron chi connectivity index (χ1n) is 15.6. The van der Waals surface area contributed by atoms with Crippen molar-refractivity contribution in [3.63, 3.8) is 0 Å². The molecule has 2 N–H and O–H groups in total. The van der Waals surface area contributed by atoms with E-state index in [1.165, 1.54) is 17.0 Å². The average molecular weight is 661 g/mol. The number of phenols is 2. The molecule has 0 radical (unpaired) electrons. The van der Waals surface area contributed by atoms with Gasteiger partial charge in [-0.25, -0.2) is 4.90 Å². The van der Waals surface area contributed by atoms with Crippen LogP contribution in [-0.4, -0.2) is 51.6 Å². The van der Waals surface area contributed by atoms with Crippen LogP contribution in [0.1, 0.15) is 36.8 Å². The molecule has 48 heavy (non-hydrogen) atoms. The fraction of sp³-hybridized carbons (Fsp3) is 0.333. The minimum Gasteiger partial charge on any atom is -0.508 e. The summed E-state index contributed by atoms with van der Waals surface area (Å²) >= 11 is 0. The number of hydrogen-bond donors (Lipinski definition) is 2. The number of allylic oxidation sites excluding steroid dienone is 2. The molecule has 3 fully saturated rings. The largest absolute Gasteiger partial charge is 0.573 e. The van der Waals surface area contributed by atoms with E-state index in [1.807, 2.05) is 0 Å². The Kier molecular flexibility index (Phi) is 7.37. The van der Waals surface area contributed by atoms with Crippen molar-refractivity contribution in [1.29, 1.82) is 0 Å². The number of phenolic OH excluding ortho intramolecular Hbond substituents is 2. The van der Waals surface area contributed by atoms with E-state index in [2.05, 4.69) is 4.74 Å². The van der Waals surface area contributed by atoms with Crippen LogP contribution in [0, 0.1) is 29.1 Å². The Morgan fingerprint density at radius 1 is 0.896 bits per heavy atom. The molecule has 4 amide bonds. The summed E-state index contributed by atoms with van der Waals surface area (Å²) in [5.41, 5.74) is 0.0501. The Bertz CT molecular complexity index is 1860. The fourth-order valence-corrected chi connectivity index (χ4v) is 8.33. The van der Waals surface area contributed by atoms with Crippen LogP contribution < -0.4 is 9.64 Å². The highest BCUT2D eigenvalue weighted by atomic mass is 19.4. The summed E-state index contributed by atoms with van der Waals surface area (Å²) in [5.74, 6) is -7.24. The molecule has 2 saturated heterocycles. The van der Waals surface area contributed by atoms with E-state index in [0.29, 0.717) is 17.7 Å². The summed E-state index contributed by atoms with van der Waals surface area (Å²) in [5, 5.41) is 20.8. The van der Waals surface area contributed by atoms with Crippen LogP contribution in [0.2, 0.25) is 0 Å². The minimum absolute atomic E-state index is 0.0457. The molecule has 0 unspecified atom stereocenters. The van der Waals surface area contributed by atoms with E-state index in [-0.39, 0.29) is 36.6 Å². The number of likely N-dealkylation sites (tertiary alicyclic amines) is 1. The average Bonchev–Trinajstić information content (AvgIpc) is 3.40. The number of carbonyl (C=O) groups is 4. The Morgan fingerprint density at radius 2 is 1.60 bits per heavy atom. The van der Waals surface area contributed by atoms with Gasteiger partial charge in [0.05, 0.1) is 28.9 Å². The summed E-state index contributed by atoms with van der Waals surface area (Å²) in [4.78, 5) is 58.7. The van der Waals surface area contributed by atoms with E-state index >= 15 is 0 Å². The Hall–Kier alpha value is -5.13. The van der Waals surface area contributed by atoms with Gasteiger partial charge in [-0.2, -0.15) is 0 Å². The number of alkyl halides is 3. The molecule has 7 rings (SSSR count). The van der Waals surface area contributed by atoms with Crippen LogP contribution in [0.5, 0.6) is 17.2 Å². The summed E-state index contributed by atoms with van der Waals surface area (Å²) in [6.45, 7) is 1.68. The minimum atomic E-state index is -5.03. The number of anilines is 1. The maximum atomic E-state index is 14.4. The number of para-hydroxylation sites is 1. The molecule has 0 spiro atoms. The van der Waals surface area contributed by atoms with Crippen LogP contribution in [0.15, 0.2) is 84.4 Å². The van der Waals surface area contributed by atoms with Crippen LogP contribution in [0.25, 0.3) is 0 Å². The molecule has 2 aliphatic heterocycles. The zero-order chi connectivity index (χ0) is 34.1. The molecule has 4 aliphatic rings. The second kappa shape index (κ2) is 11.2. The highest BCUT2D eigenvalue weighted by Gasteiger charge is 2.68. The van der Waals surface area contributed by atoms with Crippen molar-refractivity contribution in [2.24, 2.45) is 29.1 Å². The molecule has 6 atom stereocenters. The highest BCUT2D eigenvalue weighted by Crippen LogP contribution is 2.64. The SMILES string of the molecule is C[C@@]12C(=O)N(c3ccccc3)C(=O)[C@@H]1C[C@@H]1C(=CC[C@@H]3C(=O)N(CCc4ccc(O)cc4)C(=O)[C@@H]31)[C@@H]2c1cc(OC(F)(F)F)ccc1O. The van der Waals surface area contributed by atoms with Gasteiger partial charge in [0.25, 0.3) is 0 Å². The Labute approximate surface area is 273 Å². The third kappa shape index (κ3) is 4.92. The quantitative estimate of drug-likeness (QED) is 0.266. The van der Waals surface area contributed by atoms with Crippen LogP contribution in [0.3, 0.4) is 0 Å². The molecule has 9 nitrogen and oxygen atoms in total. The van der Waals surface area contributed by atoms with Crippen molar-refractivity contribution < 1.29 is 47.3 Å². The van der Waals surface area contributed by atoms with Crippen molar-refractivity contribution >= 4 is 29.3 Å². The van der Waals surface area contributed by atoms with Gasteiger partial charge in [0, 0.05) is 18.0 Å². The van der Waals surface area contributed by atoms with E-state index < -0.39 is 70.6 Å². The van der Waals surface area contributed by atoms with Crippen molar-refractivity contribution in [1.82, 2.24) is 4.90 Å². The van der Waals surface area contributed by atoms with Crippen molar-refractivity contribution in [3.05, 3.63) is 95.6 Å². The molecule has 248 valence electrons. The molecule has 3 aromatic carbocycles. The lowest BCUT2D eigenvalue weighted by Gasteiger charge is -2.49. The van der Waals surface area contributed by atoms with Gasteiger partial charge in [0.1, 0.15) is 17.2 Å². The van der Waals surface area contributed by atoms with Gasteiger partial charge >= 0.3 is 6.36 Å². The molecular weight excluding hydrogens is 629 g/mol. The third-order valence-corrected chi connectivity index (χ3v) is 10.5. The topological polar surface area (TPSA) is 124 Å². The van der Waals surface area contributed by atoms with Gasteiger partial charge in [-0.1, -0.05) is 42.0 Å². The molecular formula is C36H31F3N2O7. The van der Waals surface area contributed by atoms with Gasteiger partial charge < -0.3 is 14.9 Å². The first kappa shape index (κ1) is 31.5. The fourth-order valence-electron chi connectivity index (χ4n) is 8.33. The number of carbonyl (C=O) groups excluding carboxylic acids is 4. The number of halogens is 3. The van der Waals surface area contributed by atoms with Crippen LogP contribution in [-0.2, 0) is 25.6 Å². The second-order valence-corrected chi connectivity index (χ2v) is 13.0. The van der Waals surface area contributed by atoms with Crippen molar-refractivity contribution in [2.45, 2.75) is 38.5 Å². The highest BCUT2D eigenvalue weighted by molar-refractivity contribution is 6.24. The van der Waals surface area contributed by atoms with Crippen molar-refractivity contribution in [2.75, 3.05) is 11.4 Å². The number of rotatable bonds is 6. The lowest BCUT2D eigenvalue weighted by Crippen LogP contribution is -2.49. The zero-order valence-corrected chi connectivity index (χ0v) is 25.7. The lowest BCUT2D eigenvalue weighted by molar-refractivity contribution is -0.274. The molecule has 0 aromatic heterocycles. The van der Waals surface area contributed by atoms with Gasteiger partial charge in [-0.05, 0) is 80.1 Å². The normalized spacial score (nSPS) is 28.2. The van der Waals surface area contributed by atoms with Gasteiger partial charge in [0.15, 0.2) is 0 Å². The number of hydrogen-bond acceptors (Lipinski definition) is 7. The molecule has 12 heteroatoms. The van der Waals surface area contributed by atoms with Gasteiger partial charge in [0.2, 0.25) is 23.6 Å². The Balaban J connectivity index is 1.31. The molecule has 1 saturated carbocycles. The van der Waals surface area contributed by atoms with E-state index in [4.69, 9.17) is 0 Å². The third-order valence-electron chi connectivity index (χ3n) is 10.5. The smallest absolute Gasteiger partial charge is 0.508 e. The predicted molar refractivity (Wildman–Crippen MR) is 164 cm³/mol. The number of imide groups is 2. The molecule has 2 heterocycles. The van der Waals surface area contributed by atoms with Crippen molar-refractivity contribution in [3.8, 4) is 17.2 Å². The summed E-state index contributed by atoms with van der Waals surface area (Å²) in [6, 6.07) is 17.7. The first-order chi connectivity index (χ1) is 22.8. The van der Waals surface area contributed by atoms with Crippen LogP contribution >= 0.6 is 0 Å².